The average molecular weight is 514 g/mol. The summed E-state index contributed by atoms with van der Waals surface area (Å²) >= 11 is 0. The molecule has 0 saturated heterocycles. The standard InChI is InChI=1S/C25H18F4N4O4/c1-12-4-3-5-16(25(27,28)29)20(12)23(35)33-18-8-13(9-19(30)34)11-31-22(18)21(32-33)15-7-6-14(10-17(15)26)24(36)37-2/h3-8,10-11H,9H2,1-2H3,(H2,30,34). The SMILES string of the molecule is COC(=O)c1ccc(-c2nn(C(=O)c3c(C)cccc3C(F)(F)F)c3cc(CC(N)=O)cnc23)c(F)c1. The van der Waals surface area contributed by atoms with E-state index >= 15 is 4.39 Å². The van der Waals surface area contributed by atoms with Gasteiger partial charge in [0.1, 0.15) is 17.0 Å². The van der Waals surface area contributed by atoms with E-state index in [1.54, 1.807) is 0 Å². The number of aryl methyl sites for hydroxylation is 1. The Morgan fingerprint density at radius 3 is 2.46 bits per heavy atom. The lowest BCUT2D eigenvalue weighted by Gasteiger charge is -2.14. The van der Waals surface area contributed by atoms with Gasteiger partial charge in [-0.2, -0.15) is 23.0 Å². The van der Waals surface area contributed by atoms with Crippen molar-refractivity contribution in [1.82, 2.24) is 14.8 Å². The first-order chi connectivity index (χ1) is 17.4. The van der Waals surface area contributed by atoms with Crippen molar-refractivity contribution in [1.29, 1.82) is 0 Å². The van der Waals surface area contributed by atoms with Gasteiger partial charge in [0.25, 0.3) is 5.91 Å². The van der Waals surface area contributed by atoms with Gasteiger partial charge in [0.2, 0.25) is 5.91 Å². The first kappa shape index (κ1) is 25.5. The number of esters is 1. The van der Waals surface area contributed by atoms with Crippen molar-refractivity contribution in [3.05, 3.63) is 82.3 Å². The molecule has 0 saturated carbocycles. The molecule has 0 aliphatic carbocycles. The van der Waals surface area contributed by atoms with Crippen LogP contribution in [0.1, 0.15) is 37.4 Å². The van der Waals surface area contributed by atoms with Crippen LogP contribution in [0.2, 0.25) is 0 Å². The van der Waals surface area contributed by atoms with Gasteiger partial charge in [-0.1, -0.05) is 12.1 Å². The van der Waals surface area contributed by atoms with Gasteiger partial charge in [-0.3, -0.25) is 14.6 Å². The second-order valence-corrected chi connectivity index (χ2v) is 8.10. The van der Waals surface area contributed by atoms with Crippen LogP contribution in [-0.2, 0) is 22.1 Å². The van der Waals surface area contributed by atoms with Crippen molar-refractivity contribution in [2.45, 2.75) is 19.5 Å². The Morgan fingerprint density at radius 2 is 1.84 bits per heavy atom. The third-order valence-corrected chi connectivity index (χ3v) is 5.58. The molecule has 0 unspecified atom stereocenters. The maximum Gasteiger partial charge on any atom is 0.417 e. The zero-order chi connectivity index (χ0) is 27.1. The molecule has 0 atom stereocenters. The molecule has 2 N–H and O–H groups in total. The number of pyridine rings is 1. The molecule has 0 spiro atoms. The van der Waals surface area contributed by atoms with Crippen LogP contribution in [0.3, 0.4) is 0 Å². The molecular weight excluding hydrogens is 496 g/mol. The number of fused-ring (bicyclic) bond motifs is 1. The molecule has 12 heteroatoms. The number of hydrogen-bond acceptors (Lipinski definition) is 6. The van der Waals surface area contributed by atoms with Crippen LogP contribution in [0.25, 0.3) is 22.3 Å². The molecule has 0 aliphatic heterocycles. The van der Waals surface area contributed by atoms with Crippen molar-refractivity contribution < 1.29 is 36.7 Å². The number of primary amides is 1. The van der Waals surface area contributed by atoms with Crippen molar-refractivity contribution in [3.8, 4) is 11.3 Å². The maximum absolute atomic E-state index is 15.0. The average Bonchev–Trinajstić information content (AvgIpc) is 3.20. The number of hydrogen-bond donors (Lipinski definition) is 1. The summed E-state index contributed by atoms with van der Waals surface area (Å²) in [6, 6.07) is 8.00. The predicted octanol–water partition coefficient (Wildman–Crippen LogP) is 4.07. The smallest absolute Gasteiger partial charge is 0.417 e. The summed E-state index contributed by atoms with van der Waals surface area (Å²) in [4.78, 5) is 40.9. The van der Waals surface area contributed by atoms with Crippen LogP contribution in [0.15, 0.2) is 48.7 Å². The van der Waals surface area contributed by atoms with Gasteiger partial charge in [-0.25, -0.2) is 9.18 Å². The van der Waals surface area contributed by atoms with Gasteiger partial charge in [-0.05, 0) is 48.4 Å². The number of halogens is 4. The number of amides is 1. The fourth-order valence-electron chi connectivity index (χ4n) is 3.92. The second-order valence-electron chi connectivity index (χ2n) is 8.10. The van der Waals surface area contributed by atoms with E-state index < -0.39 is 40.9 Å². The number of ether oxygens (including phenoxy) is 1. The fourth-order valence-corrected chi connectivity index (χ4v) is 3.92. The number of benzene rings is 2. The number of rotatable bonds is 5. The molecule has 37 heavy (non-hydrogen) atoms. The van der Waals surface area contributed by atoms with Crippen LogP contribution in [0, 0.1) is 12.7 Å². The van der Waals surface area contributed by atoms with Crippen molar-refractivity contribution in [2.75, 3.05) is 7.11 Å². The lowest BCUT2D eigenvalue weighted by molar-refractivity contribution is -0.138. The summed E-state index contributed by atoms with van der Waals surface area (Å²) in [5.74, 6) is -3.53. The third kappa shape index (κ3) is 4.77. The van der Waals surface area contributed by atoms with E-state index in [1.165, 1.54) is 43.5 Å². The molecule has 4 rings (SSSR count). The van der Waals surface area contributed by atoms with E-state index in [1.807, 2.05) is 0 Å². The molecule has 0 fully saturated rings. The van der Waals surface area contributed by atoms with E-state index in [9.17, 15) is 27.6 Å². The molecular formula is C25H18F4N4O4. The summed E-state index contributed by atoms with van der Waals surface area (Å²) in [7, 11) is 1.13. The number of methoxy groups -OCH3 is 1. The second kappa shape index (κ2) is 9.45. The Labute approximate surface area is 206 Å². The number of nitrogens with two attached hydrogens (primary N) is 1. The first-order valence-electron chi connectivity index (χ1n) is 10.7. The van der Waals surface area contributed by atoms with Crippen molar-refractivity contribution >= 4 is 28.8 Å². The molecule has 2 aromatic carbocycles. The normalized spacial score (nSPS) is 11.5. The maximum atomic E-state index is 15.0. The summed E-state index contributed by atoms with van der Waals surface area (Å²) in [5.41, 5.74) is 3.24. The van der Waals surface area contributed by atoms with Crippen molar-refractivity contribution in [2.24, 2.45) is 5.73 Å². The van der Waals surface area contributed by atoms with Crippen LogP contribution < -0.4 is 5.73 Å². The Bertz CT molecular complexity index is 1580. The largest absolute Gasteiger partial charge is 0.465 e. The van der Waals surface area contributed by atoms with Crippen molar-refractivity contribution in [3.63, 3.8) is 0 Å². The highest BCUT2D eigenvalue weighted by Gasteiger charge is 2.37. The molecule has 4 aromatic rings. The van der Waals surface area contributed by atoms with E-state index in [2.05, 4.69) is 14.8 Å². The van der Waals surface area contributed by atoms with E-state index in [0.29, 0.717) is 4.68 Å². The highest BCUT2D eigenvalue weighted by atomic mass is 19.4. The molecule has 0 radical (unpaired) electrons. The monoisotopic (exact) mass is 514 g/mol. The Balaban J connectivity index is 1.98. The van der Waals surface area contributed by atoms with E-state index in [-0.39, 0.29) is 45.4 Å². The molecule has 0 aliphatic rings. The topological polar surface area (TPSA) is 117 Å². The van der Waals surface area contributed by atoms with Crippen LogP contribution in [-0.4, -0.2) is 39.7 Å². The Kier molecular flexibility index (Phi) is 6.51. The van der Waals surface area contributed by atoms with Gasteiger partial charge in [0.15, 0.2) is 0 Å². The number of alkyl halides is 3. The molecule has 190 valence electrons. The Hall–Kier alpha value is -4.61. The van der Waals surface area contributed by atoms with Gasteiger partial charge in [-0.15, -0.1) is 0 Å². The number of carbonyl (C=O) groups is 3. The first-order valence-corrected chi connectivity index (χ1v) is 10.7. The quantitative estimate of drug-likeness (QED) is 0.317. The summed E-state index contributed by atoms with van der Waals surface area (Å²) in [5, 5.41) is 4.14. The molecule has 0 bridgehead atoms. The Morgan fingerprint density at radius 1 is 1.11 bits per heavy atom. The number of aromatic nitrogens is 3. The minimum Gasteiger partial charge on any atom is -0.465 e. The molecule has 8 nitrogen and oxygen atoms in total. The lowest BCUT2D eigenvalue weighted by atomic mass is 10.0. The van der Waals surface area contributed by atoms with Gasteiger partial charge in [0.05, 0.1) is 35.7 Å². The molecule has 2 heterocycles. The summed E-state index contributed by atoms with van der Waals surface area (Å²) in [6.45, 7) is 1.34. The van der Waals surface area contributed by atoms with E-state index in [0.717, 1.165) is 19.2 Å². The summed E-state index contributed by atoms with van der Waals surface area (Å²) < 4.78 is 61.6. The lowest BCUT2D eigenvalue weighted by Crippen LogP contribution is -2.21. The van der Waals surface area contributed by atoms with Gasteiger partial charge >= 0.3 is 12.1 Å². The predicted molar refractivity (Wildman–Crippen MR) is 123 cm³/mol. The zero-order valence-electron chi connectivity index (χ0n) is 19.4. The minimum absolute atomic E-state index is 0.0200. The minimum atomic E-state index is -4.84. The third-order valence-electron chi connectivity index (χ3n) is 5.58. The van der Waals surface area contributed by atoms with Crippen LogP contribution in [0.5, 0.6) is 0 Å². The van der Waals surface area contributed by atoms with E-state index in [4.69, 9.17) is 5.73 Å². The molecule has 2 aromatic heterocycles. The van der Waals surface area contributed by atoms with Crippen LogP contribution in [0.4, 0.5) is 17.6 Å². The number of carbonyl (C=O) groups excluding carboxylic acids is 3. The zero-order valence-corrected chi connectivity index (χ0v) is 19.4. The summed E-state index contributed by atoms with van der Waals surface area (Å²) in [6.07, 6.45) is -3.84. The highest BCUT2D eigenvalue weighted by molar-refractivity contribution is 6.05. The fraction of sp³-hybridized carbons (Fsp3) is 0.160. The van der Waals surface area contributed by atoms with Crippen LogP contribution >= 0.6 is 0 Å². The van der Waals surface area contributed by atoms with Gasteiger partial charge < -0.3 is 10.5 Å². The number of nitrogens with zero attached hydrogens (tertiary/aromatic N) is 3. The highest BCUT2D eigenvalue weighted by Crippen LogP contribution is 2.35. The van der Waals surface area contributed by atoms with Gasteiger partial charge in [0, 0.05) is 11.8 Å². The molecule has 1 amide bonds.